The van der Waals surface area contributed by atoms with Crippen LogP contribution in [0.3, 0.4) is 0 Å². The van der Waals surface area contributed by atoms with Crippen molar-refractivity contribution < 1.29 is 4.79 Å². The molecular formula is C16H16N2O. The van der Waals surface area contributed by atoms with Crippen molar-refractivity contribution in [1.82, 2.24) is 4.98 Å². The van der Waals surface area contributed by atoms with E-state index in [-0.39, 0.29) is 11.3 Å². The highest BCUT2D eigenvalue weighted by atomic mass is 16.2. The molecule has 4 rings (SSSR count). The van der Waals surface area contributed by atoms with Crippen LogP contribution in [0.2, 0.25) is 0 Å². The predicted molar refractivity (Wildman–Crippen MR) is 75.0 cm³/mol. The highest BCUT2D eigenvalue weighted by Crippen LogP contribution is 2.49. The lowest BCUT2D eigenvalue weighted by molar-refractivity contribution is -0.120. The first kappa shape index (κ1) is 10.9. The fraction of sp³-hybridized carbons (Fsp3) is 0.312. The fourth-order valence-electron chi connectivity index (χ4n) is 3.57. The van der Waals surface area contributed by atoms with Gasteiger partial charge in [-0.1, -0.05) is 18.9 Å². The van der Waals surface area contributed by atoms with Gasteiger partial charge in [0, 0.05) is 17.6 Å². The number of carbonyl (C=O) groups is 1. The molecule has 1 spiro atoms. The number of carbonyl (C=O) groups excluding carboxylic acids is 1. The molecule has 2 aromatic rings. The van der Waals surface area contributed by atoms with Crippen LogP contribution in [0.4, 0.5) is 5.69 Å². The lowest BCUT2D eigenvalue weighted by Crippen LogP contribution is -2.30. The molecule has 1 aromatic heterocycles. The number of hydrogen-bond acceptors (Lipinski definition) is 1. The molecule has 0 bridgehead atoms. The highest BCUT2D eigenvalue weighted by Gasteiger charge is 2.48. The number of anilines is 1. The molecule has 96 valence electrons. The van der Waals surface area contributed by atoms with E-state index in [0.717, 1.165) is 42.6 Å². The molecule has 1 fully saturated rings. The van der Waals surface area contributed by atoms with Gasteiger partial charge < -0.3 is 10.3 Å². The minimum Gasteiger partial charge on any atom is -0.361 e. The summed E-state index contributed by atoms with van der Waals surface area (Å²) in [7, 11) is 0. The molecule has 0 radical (unpaired) electrons. The van der Waals surface area contributed by atoms with Crippen LogP contribution >= 0.6 is 0 Å². The zero-order valence-corrected chi connectivity index (χ0v) is 10.7. The molecular weight excluding hydrogens is 236 g/mol. The van der Waals surface area contributed by atoms with Crippen molar-refractivity contribution >= 4 is 11.6 Å². The van der Waals surface area contributed by atoms with E-state index >= 15 is 0 Å². The summed E-state index contributed by atoms with van der Waals surface area (Å²) in [5.74, 6) is 0.198. The van der Waals surface area contributed by atoms with Crippen LogP contribution in [0.15, 0.2) is 36.5 Å². The van der Waals surface area contributed by atoms with Crippen LogP contribution < -0.4 is 5.32 Å². The predicted octanol–water partition coefficient (Wildman–Crippen LogP) is 3.45. The Hall–Kier alpha value is -2.03. The number of amides is 1. The molecule has 2 heterocycles. The van der Waals surface area contributed by atoms with Gasteiger partial charge in [-0.05, 0) is 48.2 Å². The van der Waals surface area contributed by atoms with E-state index in [1.165, 1.54) is 5.56 Å². The zero-order chi connectivity index (χ0) is 12.9. The molecule has 1 amide bonds. The Morgan fingerprint density at radius 1 is 1.11 bits per heavy atom. The minimum absolute atomic E-state index is 0.198. The average Bonchev–Trinajstić information content (AvgIpc) is 3.15. The van der Waals surface area contributed by atoms with Gasteiger partial charge in [0.05, 0.1) is 5.41 Å². The van der Waals surface area contributed by atoms with Crippen molar-refractivity contribution in [3.8, 4) is 11.3 Å². The molecule has 2 aliphatic rings. The molecule has 0 saturated heterocycles. The van der Waals surface area contributed by atoms with Gasteiger partial charge in [0.25, 0.3) is 0 Å². The maximum atomic E-state index is 12.3. The normalized spacial score (nSPS) is 19.7. The van der Waals surface area contributed by atoms with Crippen molar-refractivity contribution in [1.29, 1.82) is 0 Å². The molecule has 2 N–H and O–H groups in total. The maximum Gasteiger partial charge on any atom is 0.235 e. The third-order valence-corrected chi connectivity index (χ3v) is 4.58. The Kier molecular flexibility index (Phi) is 2.13. The van der Waals surface area contributed by atoms with E-state index in [4.69, 9.17) is 0 Å². The summed E-state index contributed by atoms with van der Waals surface area (Å²) >= 11 is 0. The van der Waals surface area contributed by atoms with E-state index in [2.05, 4.69) is 28.5 Å². The lowest BCUT2D eigenvalue weighted by Gasteiger charge is -2.20. The van der Waals surface area contributed by atoms with E-state index in [9.17, 15) is 4.79 Å². The van der Waals surface area contributed by atoms with Gasteiger partial charge >= 0.3 is 0 Å². The fourth-order valence-corrected chi connectivity index (χ4v) is 3.57. The Morgan fingerprint density at radius 2 is 1.95 bits per heavy atom. The van der Waals surface area contributed by atoms with E-state index in [1.807, 2.05) is 18.3 Å². The quantitative estimate of drug-likeness (QED) is 0.802. The third kappa shape index (κ3) is 1.41. The smallest absolute Gasteiger partial charge is 0.235 e. The first-order valence-electron chi connectivity index (χ1n) is 6.89. The van der Waals surface area contributed by atoms with Crippen molar-refractivity contribution in [2.45, 2.75) is 31.1 Å². The number of aromatic nitrogens is 1. The first-order chi connectivity index (χ1) is 9.29. The Bertz CT molecular complexity index is 637. The molecule has 0 unspecified atom stereocenters. The summed E-state index contributed by atoms with van der Waals surface area (Å²) < 4.78 is 0. The van der Waals surface area contributed by atoms with Crippen molar-refractivity contribution in [3.05, 3.63) is 42.1 Å². The monoisotopic (exact) mass is 252 g/mol. The number of rotatable bonds is 1. The third-order valence-electron chi connectivity index (χ3n) is 4.58. The molecule has 0 atom stereocenters. The number of hydrogen-bond donors (Lipinski definition) is 2. The molecule has 1 aliphatic heterocycles. The number of fused-ring (bicyclic) bond motifs is 2. The number of nitrogens with one attached hydrogen (secondary N) is 2. The molecule has 3 heteroatoms. The lowest BCUT2D eigenvalue weighted by atomic mass is 9.79. The SMILES string of the molecule is O=C1Nc2ccc(-c3ccc[nH]3)cc2C12CCCC2. The molecule has 3 nitrogen and oxygen atoms in total. The van der Waals surface area contributed by atoms with Gasteiger partial charge in [-0.25, -0.2) is 0 Å². The second-order valence-corrected chi connectivity index (χ2v) is 5.59. The summed E-state index contributed by atoms with van der Waals surface area (Å²) in [6, 6.07) is 10.4. The first-order valence-corrected chi connectivity index (χ1v) is 6.89. The van der Waals surface area contributed by atoms with Crippen molar-refractivity contribution in [2.24, 2.45) is 0 Å². The Labute approximate surface area is 112 Å². The summed E-state index contributed by atoms with van der Waals surface area (Å²) in [5, 5.41) is 3.05. The van der Waals surface area contributed by atoms with Crippen molar-refractivity contribution in [2.75, 3.05) is 5.32 Å². The minimum atomic E-state index is -0.252. The molecule has 1 aliphatic carbocycles. The standard InChI is InChI=1S/C16H16N2O/c19-15-16(7-1-2-8-16)12-10-11(5-6-14(12)18-15)13-4-3-9-17-13/h3-6,9-10,17H,1-2,7-8H2,(H,18,19). The van der Waals surface area contributed by atoms with Crippen LogP contribution in [0.25, 0.3) is 11.3 Å². The largest absolute Gasteiger partial charge is 0.361 e. The van der Waals surface area contributed by atoms with Gasteiger partial charge in [-0.2, -0.15) is 0 Å². The zero-order valence-electron chi connectivity index (χ0n) is 10.7. The second kappa shape index (κ2) is 3.73. The second-order valence-electron chi connectivity index (χ2n) is 5.59. The van der Waals surface area contributed by atoms with Gasteiger partial charge in [0.1, 0.15) is 0 Å². The Morgan fingerprint density at radius 3 is 2.68 bits per heavy atom. The van der Waals surface area contributed by atoms with Crippen molar-refractivity contribution in [3.63, 3.8) is 0 Å². The van der Waals surface area contributed by atoms with Crippen LogP contribution in [-0.4, -0.2) is 10.9 Å². The van der Waals surface area contributed by atoms with Gasteiger partial charge in [-0.15, -0.1) is 0 Å². The molecule has 19 heavy (non-hydrogen) atoms. The summed E-state index contributed by atoms with van der Waals surface area (Å²) in [6.07, 6.45) is 6.20. The number of benzene rings is 1. The van der Waals surface area contributed by atoms with Gasteiger partial charge in [0.15, 0.2) is 0 Å². The van der Waals surface area contributed by atoms with Crippen LogP contribution in [0, 0.1) is 0 Å². The van der Waals surface area contributed by atoms with E-state index in [1.54, 1.807) is 0 Å². The molecule has 1 saturated carbocycles. The summed E-state index contributed by atoms with van der Waals surface area (Å²) in [5.41, 5.74) is 4.21. The summed E-state index contributed by atoms with van der Waals surface area (Å²) in [4.78, 5) is 15.6. The summed E-state index contributed by atoms with van der Waals surface area (Å²) in [6.45, 7) is 0. The van der Waals surface area contributed by atoms with Crippen LogP contribution in [0.1, 0.15) is 31.2 Å². The highest BCUT2D eigenvalue weighted by molar-refractivity contribution is 6.06. The van der Waals surface area contributed by atoms with Gasteiger partial charge in [-0.3, -0.25) is 4.79 Å². The van der Waals surface area contributed by atoms with Crippen LogP contribution in [0.5, 0.6) is 0 Å². The molecule has 1 aromatic carbocycles. The topological polar surface area (TPSA) is 44.9 Å². The van der Waals surface area contributed by atoms with E-state index in [0.29, 0.717) is 0 Å². The maximum absolute atomic E-state index is 12.3. The average molecular weight is 252 g/mol. The van der Waals surface area contributed by atoms with Gasteiger partial charge in [0.2, 0.25) is 5.91 Å². The number of H-pyrrole nitrogens is 1. The van der Waals surface area contributed by atoms with E-state index < -0.39 is 0 Å². The Balaban J connectivity index is 1.87. The van der Waals surface area contributed by atoms with Crippen LogP contribution in [-0.2, 0) is 10.2 Å². The number of aromatic amines is 1.